The molecule has 4 rings (SSSR count). The van der Waals surface area contributed by atoms with Crippen LogP contribution in [0.4, 0.5) is 5.13 Å². The highest BCUT2D eigenvalue weighted by molar-refractivity contribution is 7.97. The fraction of sp³-hybridized carbons (Fsp3) is 0.261. The van der Waals surface area contributed by atoms with Crippen LogP contribution in [0.2, 0.25) is 0 Å². The minimum Gasteiger partial charge on any atom is -0.451 e. The summed E-state index contributed by atoms with van der Waals surface area (Å²) >= 11 is 3.17. The standard InChI is InChI=1S/C23H23N3O2S2/c1-15(2)12-20-25-26-23(30-20)24-22(27)21-18(17-10-6-7-11-19(17)28-21)14-29-13-16-8-4-3-5-9-16/h3-11,15H,12-14H2,1-2H3,(H,24,26,27). The molecule has 30 heavy (non-hydrogen) atoms. The van der Waals surface area contributed by atoms with Crippen molar-refractivity contribution in [1.29, 1.82) is 0 Å². The second-order valence-corrected chi connectivity index (χ2v) is 9.49. The number of furan rings is 1. The lowest BCUT2D eigenvalue weighted by molar-refractivity contribution is 0.0997. The third kappa shape index (κ3) is 4.91. The number of carbonyl (C=O) groups is 1. The normalized spacial score (nSPS) is 11.3. The van der Waals surface area contributed by atoms with Gasteiger partial charge in [-0.1, -0.05) is 73.7 Å². The molecule has 2 aromatic carbocycles. The first-order chi connectivity index (χ1) is 14.6. The molecule has 5 nitrogen and oxygen atoms in total. The third-order valence-corrected chi connectivity index (χ3v) is 6.42. The van der Waals surface area contributed by atoms with E-state index in [-0.39, 0.29) is 5.91 Å². The van der Waals surface area contributed by atoms with Gasteiger partial charge in [0.2, 0.25) is 5.13 Å². The summed E-state index contributed by atoms with van der Waals surface area (Å²) in [7, 11) is 0. The largest absolute Gasteiger partial charge is 0.451 e. The Balaban J connectivity index is 1.53. The lowest BCUT2D eigenvalue weighted by Crippen LogP contribution is -2.12. The van der Waals surface area contributed by atoms with Gasteiger partial charge >= 0.3 is 0 Å². The van der Waals surface area contributed by atoms with Crippen LogP contribution in [0.25, 0.3) is 11.0 Å². The molecule has 0 radical (unpaired) electrons. The summed E-state index contributed by atoms with van der Waals surface area (Å²) in [6.45, 7) is 4.26. The van der Waals surface area contributed by atoms with Gasteiger partial charge in [0.05, 0.1) is 0 Å². The Morgan fingerprint density at radius 2 is 1.83 bits per heavy atom. The Hall–Kier alpha value is -2.64. The molecule has 0 aliphatic heterocycles. The number of carbonyl (C=O) groups excluding carboxylic acids is 1. The molecule has 0 saturated heterocycles. The van der Waals surface area contributed by atoms with Crippen molar-refractivity contribution in [2.45, 2.75) is 31.8 Å². The molecule has 0 unspecified atom stereocenters. The first kappa shape index (κ1) is 20.6. The van der Waals surface area contributed by atoms with Crippen molar-refractivity contribution in [3.8, 4) is 0 Å². The molecule has 0 fully saturated rings. The number of nitrogens with one attached hydrogen (secondary N) is 1. The second kappa shape index (κ2) is 9.45. The van der Waals surface area contributed by atoms with Gasteiger partial charge in [-0.15, -0.1) is 10.2 Å². The SMILES string of the molecule is CC(C)Cc1nnc(NC(=O)c2oc3ccccc3c2CSCc2ccccc2)s1. The van der Waals surface area contributed by atoms with E-state index in [1.807, 2.05) is 42.5 Å². The molecule has 0 aliphatic carbocycles. The predicted octanol–water partition coefficient (Wildman–Crippen LogP) is 6.17. The molecule has 7 heteroatoms. The number of anilines is 1. The molecule has 0 aliphatic rings. The van der Waals surface area contributed by atoms with Crippen molar-refractivity contribution in [2.24, 2.45) is 5.92 Å². The molecule has 4 aromatic rings. The fourth-order valence-electron chi connectivity index (χ4n) is 3.16. The Morgan fingerprint density at radius 3 is 2.63 bits per heavy atom. The van der Waals surface area contributed by atoms with Crippen LogP contribution < -0.4 is 5.32 Å². The highest BCUT2D eigenvalue weighted by Crippen LogP contribution is 2.31. The summed E-state index contributed by atoms with van der Waals surface area (Å²) in [5.74, 6) is 2.11. The van der Waals surface area contributed by atoms with Gasteiger partial charge in [-0.2, -0.15) is 11.8 Å². The molecule has 2 aromatic heterocycles. The van der Waals surface area contributed by atoms with E-state index < -0.39 is 0 Å². The van der Waals surface area contributed by atoms with Crippen LogP contribution in [0.5, 0.6) is 0 Å². The van der Waals surface area contributed by atoms with Crippen LogP contribution in [0.3, 0.4) is 0 Å². The van der Waals surface area contributed by atoms with Crippen LogP contribution in [-0.2, 0) is 17.9 Å². The number of aromatic nitrogens is 2. The average molecular weight is 438 g/mol. The zero-order valence-electron chi connectivity index (χ0n) is 16.9. The topological polar surface area (TPSA) is 68.0 Å². The number of benzene rings is 2. The lowest BCUT2D eigenvalue weighted by atomic mass is 10.1. The summed E-state index contributed by atoms with van der Waals surface area (Å²) in [5.41, 5.74) is 2.89. The number of fused-ring (bicyclic) bond motifs is 1. The van der Waals surface area contributed by atoms with Gasteiger partial charge in [0, 0.05) is 28.9 Å². The van der Waals surface area contributed by atoms with Crippen LogP contribution in [0.15, 0.2) is 59.0 Å². The number of hydrogen-bond donors (Lipinski definition) is 1. The first-order valence-corrected chi connectivity index (χ1v) is 11.8. The van der Waals surface area contributed by atoms with Crippen molar-refractivity contribution in [1.82, 2.24) is 10.2 Å². The predicted molar refractivity (Wildman–Crippen MR) is 124 cm³/mol. The number of rotatable bonds is 8. The van der Waals surface area contributed by atoms with Gasteiger partial charge in [-0.3, -0.25) is 10.1 Å². The van der Waals surface area contributed by atoms with Crippen molar-refractivity contribution < 1.29 is 9.21 Å². The minimum absolute atomic E-state index is 0.284. The van der Waals surface area contributed by atoms with E-state index in [9.17, 15) is 4.79 Å². The molecule has 2 heterocycles. The van der Waals surface area contributed by atoms with Gasteiger partial charge in [-0.25, -0.2) is 0 Å². The number of hydrogen-bond acceptors (Lipinski definition) is 6. The van der Waals surface area contributed by atoms with E-state index in [1.54, 1.807) is 11.8 Å². The molecule has 0 bridgehead atoms. The summed E-state index contributed by atoms with van der Waals surface area (Å²) in [6.07, 6.45) is 0.847. The molecule has 1 amide bonds. The number of thioether (sulfide) groups is 1. The van der Waals surface area contributed by atoms with Gasteiger partial charge in [-0.05, 0) is 17.5 Å². The molecule has 0 saturated carbocycles. The van der Waals surface area contributed by atoms with Crippen molar-refractivity contribution in [3.63, 3.8) is 0 Å². The summed E-state index contributed by atoms with van der Waals surface area (Å²) in [6, 6.07) is 18.1. The lowest BCUT2D eigenvalue weighted by Gasteiger charge is -2.04. The maximum Gasteiger partial charge on any atom is 0.293 e. The van der Waals surface area contributed by atoms with Crippen LogP contribution in [-0.4, -0.2) is 16.1 Å². The first-order valence-electron chi connectivity index (χ1n) is 9.86. The number of amides is 1. The highest BCUT2D eigenvalue weighted by atomic mass is 32.2. The maximum absolute atomic E-state index is 13.0. The van der Waals surface area contributed by atoms with E-state index in [4.69, 9.17) is 4.42 Å². The van der Waals surface area contributed by atoms with Crippen molar-refractivity contribution in [2.75, 3.05) is 5.32 Å². The Morgan fingerprint density at radius 1 is 1.07 bits per heavy atom. The third-order valence-electron chi connectivity index (χ3n) is 4.53. The van der Waals surface area contributed by atoms with Crippen LogP contribution in [0, 0.1) is 5.92 Å². The Labute approximate surface area is 183 Å². The quantitative estimate of drug-likeness (QED) is 0.357. The molecule has 1 N–H and O–H groups in total. The van der Waals surface area contributed by atoms with Gasteiger partial charge in [0.15, 0.2) is 5.76 Å². The molecule has 154 valence electrons. The minimum atomic E-state index is -0.284. The molecular formula is C23H23N3O2S2. The van der Waals surface area contributed by atoms with Gasteiger partial charge < -0.3 is 4.42 Å². The summed E-state index contributed by atoms with van der Waals surface area (Å²) in [4.78, 5) is 13.0. The molecule has 0 atom stereocenters. The maximum atomic E-state index is 13.0. The Kier molecular flexibility index (Phi) is 6.50. The van der Waals surface area contributed by atoms with E-state index in [0.717, 1.165) is 33.7 Å². The van der Waals surface area contributed by atoms with E-state index in [1.165, 1.54) is 16.9 Å². The van der Waals surface area contributed by atoms with E-state index in [2.05, 4.69) is 41.5 Å². The smallest absolute Gasteiger partial charge is 0.293 e. The zero-order valence-corrected chi connectivity index (χ0v) is 18.6. The van der Waals surface area contributed by atoms with E-state index in [0.29, 0.717) is 22.6 Å². The van der Waals surface area contributed by atoms with Gasteiger partial charge in [0.1, 0.15) is 10.6 Å². The average Bonchev–Trinajstić information content (AvgIpc) is 3.33. The molecule has 0 spiro atoms. The zero-order chi connectivity index (χ0) is 20.9. The highest BCUT2D eigenvalue weighted by Gasteiger charge is 2.21. The monoisotopic (exact) mass is 437 g/mol. The van der Waals surface area contributed by atoms with Crippen molar-refractivity contribution >= 4 is 45.1 Å². The number of nitrogens with zero attached hydrogens (tertiary/aromatic N) is 2. The van der Waals surface area contributed by atoms with Crippen molar-refractivity contribution in [3.05, 3.63) is 76.5 Å². The van der Waals surface area contributed by atoms with Crippen LogP contribution >= 0.6 is 23.1 Å². The Bertz CT molecular complexity index is 1140. The fourth-order valence-corrected chi connectivity index (χ4v) is 5.13. The second-order valence-electron chi connectivity index (χ2n) is 7.44. The summed E-state index contributed by atoms with van der Waals surface area (Å²) < 4.78 is 5.94. The number of para-hydroxylation sites is 1. The summed E-state index contributed by atoms with van der Waals surface area (Å²) in [5, 5.41) is 13.5. The van der Waals surface area contributed by atoms with Gasteiger partial charge in [0.25, 0.3) is 5.91 Å². The van der Waals surface area contributed by atoms with E-state index >= 15 is 0 Å². The molecular weight excluding hydrogens is 414 g/mol. The van der Waals surface area contributed by atoms with Crippen LogP contribution in [0.1, 0.15) is 40.5 Å².